The largest absolute Gasteiger partial charge is 0.396 e. The van der Waals surface area contributed by atoms with E-state index < -0.39 is 11.0 Å². The van der Waals surface area contributed by atoms with Crippen molar-refractivity contribution in [3.63, 3.8) is 0 Å². The highest BCUT2D eigenvalue weighted by atomic mass is 16.3. The van der Waals surface area contributed by atoms with Crippen LogP contribution in [0.3, 0.4) is 0 Å². The summed E-state index contributed by atoms with van der Waals surface area (Å²) in [6, 6.07) is 2.13. The van der Waals surface area contributed by atoms with Gasteiger partial charge in [-0.15, -0.1) is 0 Å². The van der Waals surface area contributed by atoms with Crippen molar-refractivity contribution >= 4 is 0 Å². The third kappa shape index (κ3) is 2.68. The molecule has 3 heteroatoms. The molecule has 0 saturated carbocycles. The average molecular weight is 185 g/mol. The van der Waals surface area contributed by atoms with Crippen LogP contribution in [0.4, 0.5) is 0 Å². The molecule has 1 atom stereocenters. The molecule has 0 bridgehead atoms. The molecule has 13 heavy (non-hydrogen) atoms. The molecule has 0 aromatic heterocycles. The zero-order chi connectivity index (χ0) is 10.7. The van der Waals surface area contributed by atoms with Gasteiger partial charge in [0, 0.05) is 12.0 Å². The Labute approximate surface area is 80.0 Å². The average Bonchev–Trinajstić information content (AvgIpc) is 1.97. The Balaban J connectivity index is 4.70. The summed E-state index contributed by atoms with van der Waals surface area (Å²) in [5.74, 6) is -0.322. The minimum absolute atomic E-state index is 0.0161. The maximum absolute atomic E-state index is 9.84. The fourth-order valence-electron chi connectivity index (χ4n) is 1.14. The van der Waals surface area contributed by atoms with Gasteiger partial charge in [-0.2, -0.15) is 5.26 Å². The van der Waals surface area contributed by atoms with Crippen LogP contribution in [0, 0.1) is 22.7 Å². The summed E-state index contributed by atoms with van der Waals surface area (Å²) < 4.78 is 0. The molecular formula is C10H19NO2. The molecule has 0 aromatic rings. The van der Waals surface area contributed by atoms with Crippen LogP contribution in [-0.4, -0.2) is 22.4 Å². The van der Waals surface area contributed by atoms with Gasteiger partial charge in [0.05, 0.1) is 17.6 Å². The minimum Gasteiger partial charge on any atom is -0.396 e. The standard InChI is InChI=1S/C10H19NO2/c1-9(2,10(3,4)13)8(7-11)5-6-12/h8,12-13H,5-6H2,1-4H3. The van der Waals surface area contributed by atoms with Crippen LogP contribution >= 0.6 is 0 Å². The predicted octanol–water partition coefficient (Wildman–Crippen LogP) is 1.31. The molecule has 0 saturated heterocycles. The van der Waals surface area contributed by atoms with Crippen LogP contribution in [0.15, 0.2) is 0 Å². The molecule has 1 unspecified atom stereocenters. The van der Waals surface area contributed by atoms with Crippen LogP contribution < -0.4 is 0 Å². The second-order valence-electron chi connectivity index (χ2n) is 4.47. The molecule has 0 aliphatic heterocycles. The topological polar surface area (TPSA) is 64.2 Å². The zero-order valence-electron chi connectivity index (χ0n) is 8.83. The smallest absolute Gasteiger partial charge is 0.0663 e. The van der Waals surface area contributed by atoms with Gasteiger partial charge in [0.25, 0.3) is 0 Å². The van der Waals surface area contributed by atoms with Crippen LogP contribution in [0.5, 0.6) is 0 Å². The van der Waals surface area contributed by atoms with Gasteiger partial charge >= 0.3 is 0 Å². The maximum atomic E-state index is 9.84. The highest BCUT2D eigenvalue weighted by Crippen LogP contribution is 2.39. The van der Waals surface area contributed by atoms with E-state index in [4.69, 9.17) is 10.4 Å². The Morgan fingerprint density at radius 3 is 2.00 bits per heavy atom. The van der Waals surface area contributed by atoms with Crippen molar-refractivity contribution in [1.29, 1.82) is 5.26 Å². The number of aliphatic hydroxyl groups excluding tert-OH is 1. The van der Waals surface area contributed by atoms with E-state index in [0.717, 1.165) is 0 Å². The van der Waals surface area contributed by atoms with Crippen molar-refractivity contribution in [1.82, 2.24) is 0 Å². The second kappa shape index (κ2) is 4.08. The summed E-state index contributed by atoms with van der Waals surface area (Å²) in [6.45, 7) is 7.05. The van der Waals surface area contributed by atoms with Crippen molar-refractivity contribution in [3.8, 4) is 6.07 Å². The first-order valence-electron chi connectivity index (χ1n) is 4.50. The third-order valence-electron chi connectivity index (χ3n) is 3.02. The number of hydrogen-bond donors (Lipinski definition) is 2. The first kappa shape index (κ1) is 12.4. The molecule has 0 spiro atoms. The van der Waals surface area contributed by atoms with Gasteiger partial charge in [0.2, 0.25) is 0 Å². The number of aliphatic hydroxyl groups is 2. The maximum Gasteiger partial charge on any atom is 0.0663 e. The highest BCUT2D eigenvalue weighted by Gasteiger charge is 2.41. The van der Waals surface area contributed by atoms with Crippen molar-refractivity contribution < 1.29 is 10.2 Å². The monoisotopic (exact) mass is 185 g/mol. The Hall–Kier alpha value is -0.590. The van der Waals surface area contributed by atoms with E-state index in [2.05, 4.69) is 6.07 Å². The van der Waals surface area contributed by atoms with Gasteiger partial charge < -0.3 is 10.2 Å². The molecule has 0 aromatic carbocycles. The third-order valence-corrected chi connectivity index (χ3v) is 3.02. The van der Waals surface area contributed by atoms with Gasteiger partial charge in [-0.1, -0.05) is 13.8 Å². The lowest BCUT2D eigenvalue weighted by Crippen LogP contribution is -2.44. The minimum atomic E-state index is -0.914. The van der Waals surface area contributed by atoms with E-state index in [1.165, 1.54) is 0 Å². The van der Waals surface area contributed by atoms with Gasteiger partial charge in [-0.3, -0.25) is 0 Å². The van der Waals surface area contributed by atoms with Crippen molar-refractivity contribution in [2.45, 2.75) is 39.7 Å². The van der Waals surface area contributed by atoms with Crippen LogP contribution in [0.1, 0.15) is 34.1 Å². The second-order valence-corrected chi connectivity index (χ2v) is 4.47. The van der Waals surface area contributed by atoms with Gasteiger partial charge in [-0.25, -0.2) is 0 Å². The molecule has 76 valence electrons. The molecule has 0 aliphatic rings. The number of rotatable bonds is 4. The van der Waals surface area contributed by atoms with Crippen LogP contribution in [0.2, 0.25) is 0 Å². The summed E-state index contributed by atoms with van der Waals surface area (Å²) in [5.41, 5.74) is -1.42. The van der Waals surface area contributed by atoms with Gasteiger partial charge in [-0.05, 0) is 20.3 Å². The first-order valence-corrected chi connectivity index (χ1v) is 4.50. The summed E-state index contributed by atoms with van der Waals surface area (Å²) in [4.78, 5) is 0. The summed E-state index contributed by atoms with van der Waals surface area (Å²) in [6.07, 6.45) is 0.410. The molecule has 3 nitrogen and oxygen atoms in total. The lowest BCUT2D eigenvalue weighted by molar-refractivity contribution is -0.0600. The van der Waals surface area contributed by atoms with E-state index in [-0.39, 0.29) is 12.5 Å². The van der Waals surface area contributed by atoms with E-state index in [1.807, 2.05) is 13.8 Å². The van der Waals surface area contributed by atoms with Crippen LogP contribution in [-0.2, 0) is 0 Å². The SMILES string of the molecule is CC(C)(O)C(C)(C)C(C#N)CCO. The van der Waals surface area contributed by atoms with E-state index in [9.17, 15) is 5.11 Å². The lowest BCUT2D eigenvalue weighted by atomic mass is 9.67. The van der Waals surface area contributed by atoms with Crippen LogP contribution in [0.25, 0.3) is 0 Å². The van der Waals surface area contributed by atoms with Crippen molar-refractivity contribution in [2.24, 2.45) is 11.3 Å². The number of nitriles is 1. The Kier molecular flexibility index (Phi) is 3.89. The Morgan fingerprint density at radius 1 is 1.31 bits per heavy atom. The van der Waals surface area contributed by atoms with E-state index >= 15 is 0 Å². The lowest BCUT2D eigenvalue weighted by Gasteiger charge is -2.40. The fourth-order valence-corrected chi connectivity index (χ4v) is 1.14. The number of hydrogen-bond acceptors (Lipinski definition) is 3. The molecular weight excluding hydrogens is 166 g/mol. The molecule has 0 aliphatic carbocycles. The highest BCUT2D eigenvalue weighted by molar-refractivity contribution is 5.00. The number of nitrogens with zero attached hydrogens (tertiary/aromatic N) is 1. The molecule has 0 radical (unpaired) electrons. The molecule has 0 amide bonds. The Bertz CT molecular complexity index is 198. The van der Waals surface area contributed by atoms with E-state index in [1.54, 1.807) is 13.8 Å². The summed E-state index contributed by atoms with van der Waals surface area (Å²) in [5, 5.41) is 27.5. The summed E-state index contributed by atoms with van der Waals surface area (Å²) in [7, 11) is 0. The normalized spacial score (nSPS) is 15.2. The Morgan fingerprint density at radius 2 is 1.77 bits per heavy atom. The zero-order valence-corrected chi connectivity index (χ0v) is 8.83. The first-order chi connectivity index (χ1) is 5.77. The quantitative estimate of drug-likeness (QED) is 0.694. The van der Waals surface area contributed by atoms with Crippen molar-refractivity contribution in [2.75, 3.05) is 6.61 Å². The van der Waals surface area contributed by atoms with Crippen molar-refractivity contribution in [3.05, 3.63) is 0 Å². The van der Waals surface area contributed by atoms with Gasteiger partial charge in [0.15, 0.2) is 0 Å². The fraction of sp³-hybridized carbons (Fsp3) is 0.900. The molecule has 0 heterocycles. The molecule has 0 rings (SSSR count). The van der Waals surface area contributed by atoms with E-state index in [0.29, 0.717) is 6.42 Å². The van der Waals surface area contributed by atoms with Gasteiger partial charge in [0.1, 0.15) is 0 Å². The molecule has 0 fully saturated rings. The molecule has 2 N–H and O–H groups in total. The summed E-state index contributed by atoms with van der Waals surface area (Å²) >= 11 is 0. The predicted molar refractivity (Wildman–Crippen MR) is 50.9 cm³/mol.